The zero-order valence-electron chi connectivity index (χ0n) is 6.16. The minimum atomic E-state index is -0.113. The number of carbonyl (C=O) groups excluding carboxylic acids is 1. The Bertz CT molecular complexity index is 352. The first kappa shape index (κ1) is 6.28. The van der Waals surface area contributed by atoms with Gasteiger partial charge >= 0.3 is 0 Å². The van der Waals surface area contributed by atoms with Gasteiger partial charge in [-0.1, -0.05) is 18.2 Å². The molecule has 1 heterocycles. The lowest BCUT2D eigenvalue weighted by Crippen LogP contribution is -1.91. The van der Waals surface area contributed by atoms with Crippen LogP contribution in [0.15, 0.2) is 29.3 Å². The van der Waals surface area contributed by atoms with Crippen molar-refractivity contribution in [1.29, 1.82) is 0 Å². The molecule has 0 aliphatic carbocycles. The molecule has 0 fully saturated rings. The fourth-order valence-corrected chi connectivity index (χ4v) is 1.26. The van der Waals surface area contributed by atoms with E-state index in [1.54, 1.807) is 6.07 Å². The summed E-state index contributed by atoms with van der Waals surface area (Å²) in [7, 11) is 0. The van der Waals surface area contributed by atoms with Gasteiger partial charge in [0.2, 0.25) is 0 Å². The van der Waals surface area contributed by atoms with E-state index in [9.17, 15) is 4.79 Å². The number of rotatable bonds is 0. The van der Waals surface area contributed by atoms with E-state index >= 15 is 0 Å². The van der Waals surface area contributed by atoms with Crippen molar-refractivity contribution in [3.63, 3.8) is 0 Å². The molecule has 1 aliphatic heterocycles. The standard InChI is InChI=1S/C9H7NO/c1-6-7-4-2-3-5-8(7)9(11)10-6/h2-5H,1H3. The molecule has 0 bridgehead atoms. The summed E-state index contributed by atoms with van der Waals surface area (Å²) in [5.74, 6) is -0.113. The molecule has 0 saturated heterocycles. The quantitative estimate of drug-likeness (QED) is 0.545. The van der Waals surface area contributed by atoms with Gasteiger partial charge in [0.15, 0.2) is 0 Å². The summed E-state index contributed by atoms with van der Waals surface area (Å²) in [5.41, 5.74) is 2.52. The minimum Gasteiger partial charge on any atom is -0.267 e. The third-order valence-corrected chi connectivity index (χ3v) is 1.82. The second kappa shape index (κ2) is 2.02. The maximum Gasteiger partial charge on any atom is 0.277 e. The minimum absolute atomic E-state index is 0.113. The topological polar surface area (TPSA) is 29.4 Å². The maximum atomic E-state index is 11.1. The second-order valence-corrected chi connectivity index (χ2v) is 2.55. The van der Waals surface area contributed by atoms with Gasteiger partial charge < -0.3 is 0 Å². The van der Waals surface area contributed by atoms with Crippen LogP contribution < -0.4 is 0 Å². The fourth-order valence-electron chi connectivity index (χ4n) is 1.26. The number of carbonyl (C=O) groups is 1. The normalized spacial score (nSPS) is 14.6. The zero-order chi connectivity index (χ0) is 7.84. The Kier molecular flexibility index (Phi) is 1.15. The average molecular weight is 145 g/mol. The molecule has 1 amide bonds. The van der Waals surface area contributed by atoms with Crippen LogP contribution in [0.2, 0.25) is 0 Å². The van der Waals surface area contributed by atoms with Crippen LogP contribution in [-0.4, -0.2) is 11.6 Å². The molecule has 11 heavy (non-hydrogen) atoms. The highest BCUT2D eigenvalue weighted by atomic mass is 16.1. The summed E-state index contributed by atoms with van der Waals surface area (Å²) in [6.07, 6.45) is 0. The molecular formula is C9H7NO. The lowest BCUT2D eigenvalue weighted by Gasteiger charge is -1.93. The Morgan fingerprint density at radius 2 is 1.82 bits per heavy atom. The zero-order valence-corrected chi connectivity index (χ0v) is 6.16. The number of hydrogen-bond donors (Lipinski definition) is 0. The maximum absolute atomic E-state index is 11.1. The number of aliphatic imine (C=N–C) groups is 1. The van der Waals surface area contributed by atoms with E-state index in [1.807, 2.05) is 25.1 Å². The van der Waals surface area contributed by atoms with Crippen LogP contribution >= 0.6 is 0 Å². The first-order valence-corrected chi connectivity index (χ1v) is 3.48. The first-order chi connectivity index (χ1) is 5.29. The molecule has 0 unspecified atom stereocenters. The Labute approximate surface area is 64.6 Å². The Balaban J connectivity index is 2.71. The molecule has 54 valence electrons. The molecule has 2 nitrogen and oxygen atoms in total. The SMILES string of the molecule is CC1=NC(=O)c2ccccc21. The summed E-state index contributed by atoms with van der Waals surface area (Å²) in [5, 5.41) is 0. The van der Waals surface area contributed by atoms with Gasteiger partial charge in [-0.05, 0) is 13.0 Å². The van der Waals surface area contributed by atoms with Crippen LogP contribution in [0.1, 0.15) is 22.8 Å². The average Bonchev–Trinajstić information content (AvgIpc) is 2.30. The fraction of sp³-hybridized carbons (Fsp3) is 0.111. The van der Waals surface area contributed by atoms with Crippen LogP contribution in [-0.2, 0) is 0 Å². The molecule has 0 N–H and O–H groups in total. The third-order valence-electron chi connectivity index (χ3n) is 1.82. The van der Waals surface area contributed by atoms with E-state index in [4.69, 9.17) is 0 Å². The van der Waals surface area contributed by atoms with E-state index in [0.29, 0.717) is 0 Å². The van der Waals surface area contributed by atoms with Crippen LogP contribution in [0, 0.1) is 0 Å². The lowest BCUT2D eigenvalue weighted by molar-refractivity contribution is 0.101. The van der Waals surface area contributed by atoms with Crippen molar-refractivity contribution in [3.05, 3.63) is 35.4 Å². The predicted molar refractivity (Wildman–Crippen MR) is 43.0 cm³/mol. The smallest absolute Gasteiger partial charge is 0.267 e. The van der Waals surface area contributed by atoms with E-state index < -0.39 is 0 Å². The summed E-state index contributed by atoms with van der Waals surface area (Å²) >= 11 is 0. The molecule has 2 rings (SSSR count). The lowest BCUT2D eigenvalue weighted by atomic mass is 10.1. The number of nitrogens with zero attached hydrogens (tertiary/aromatic N) is 1. The van der Waals surface area contributed by atoms with Gasteiger partial charge in [0, 0.05) is 11.3 Å². The van der Waals surface area contributed by atoms with Crippen molar-refractivity contribution >= 4 is 11.6 Å². The highest BCUT2D eigenvalue weighted by Crippen LogP contribution is 2.17. The number of fused-ring (bicyclic) bond motifs is 1. The van der Waals surface area contributed by atoms with Gasteiger partial charge in [-0.15, -0.1) is 0 Å². The van der Waals surface area contributed by atoms with Crippen LogP contribution in [0.3, 0.4) is 0 Å². The summed E-state index contributed by atoms with van der Waals surface area (Å²) in [6.45, 7) is 1.85. The number of hydrogen-bond acceptors (Lipinski definition) is 1. The van der Waals surface area contributed by atoms with E-state index in [0.717, 1.165) is 16.8 Å². The molecule has 0 atom stereocenters. The number of amides is 1. The first-order valence-electron chi connectivity index (χ1n) is 3.48. The molecule has 1 aromatic carbocycles. The molecule has 1 aliphatic rings. The highest BCUT2D eigenvalue weighted by molar-refractivity contribution is 6.20. The van der Waals surface area contributed by atoms with Crippen molar-refractivity contribution in [3.8, 4) is 0 Å². The van der Waals surface area contributed by atoms with Gasteiger partial charge in [0.1, 0.15) is 0 Å². The highest BCUT2D eigenvalue weighted by Gasteiger charge is 2.18. The molecule has 2 heteroatoms. The predicted octanol–water partition coefficient (Wildman–Crippen LogP) is 1.65. The Hall–Kier alpha value is -1.44. The monoisotopic (exact) mass is 145 g/mol. The van der Waals surface area contributed by atoms with Crippen molar-refractivity contribution in [1.82, 2.24) is 0 Å². The van der Waals surface area contributed by atoms with E-state index in [-0.39, 0.29) is 5.91 Å². The van der Waals surface area contributed by atoms with Crippen LogP contribution in [0.4, 0.5) is 0 Å². The van der Waals surface area contributed by atoms with Gasteiger partial charge in [-0.2, -0.15) is 0 Å². The molecule has 0 saturated carbocycles. The molecule has 1 aromatic rings. The second-order valence-electron chi connectivity index (χ2n) is 2.55. The van der Waals surface area contributed by atoms with Gasteiger partial charge in [0.25, 0.3) is 5.91 Å². The molecule has 0 aromatic heterocycles. The molecular weight excluding hydrogens is 138 g/mol. The van der Waals surface area contributed by atoms with Crippen molar-refractivity contribution in [2.75, 3.05) is 0 Å². The largest absolute Gasteiger partial charge is 0.277 e. The number of benzene rings is 1. The summed E-state index contributed by atoms with van der Waals surface area (Å²) in [4.78, 5) is 14.9. The molecule has 0 spiro atoms. The van der Waals surface area contributed by atoms with Gasteiger partial charge in [-0.3, -0.25) is 4.79 Å². The Morgan fingerprint density at radius 3 is 2.45 bits per heavy atom. The van der Waals surface area contributed by atoms with Crippen molar-refractivity contribution in [2.24, 2.45) is 4.99 Å². The Morgan fingerprint density at radius 1 is 1.18 bits per heavy atom. The van der Waals surface area contributed by atoms with E-state index in [1.165, 1.54) is 0 Å². The van der Waals surface area contributed by atoms with Crippen LogP contribution in [0.25, 0.3) is 0 Å². The summed E-state index contributed by atoms with van der Waals surface area (Å²) < 4.78 is 0. The van der Waals surface area contributed by atoms with Gasteiger partial charge in [-0.25, -0.2) is 4.99 Å². The van der Waals surface area contributed by atoms with Crippen molar-refractivity contribution < 1.29 is 4.79 Å². The third kappa shape index (κ3) is 0.792. The van der Waals surface area contributed by atoms with E-state index in [2.05, 4.69) is 4.99 Å². The van der Waals surface area contributed by atoms with Gasteiger partial charge in [0.05, 0.1) is 5.56 Å². The molecule has 0 radical (unpaired) electrons. The summed E-state index contributed by atoms with van der Waals surface area (Å²) in [6, 6.07) is 7.48. The van der Waals surface area contributed by atoms with Crippen molar-refractivity contribution in [2.45, 2.75) is 6.92 Å². The van der Waals surface area contributed by atoms with Crippen LogP contribution in [0.5, 0.6) is 0 Å².